The van der Waals surface area contributed by atoms with Crippen molar-refractivity contribution in [1.29, 1.82) is 0 Å². The van der Waals surface area contributed by atoms with Gasteiger partial charge >= 0.3 is 5.97 Å². The first-order valence-corrected chi connectivity index (χ1v) is 7.09. The maximum Gasteiger partial charge on any atom is 0.360 e. The number of para-hydroxylation sites is 1. The molecule has 0 radical (unpaired) electrons. The zero-order valence-corrected chi connectivity index (χ0v) is 12.6. The van der Waals surface area contributed by atoms with Gasteiger partial charge in [0.15, 0.2) is 11.5 Å². The lowest BCUT2D eigenvalue weighted by Crippen LogP contribution is -2.08. The number of nitrogens with zero attached hydrogens (tertiary/aromatic N) is 1. The molecule has 0 unspecified atom stereocenters. The van der Waals surface area contributed by atoms with E-state index >= 15 is 0 Å². The minimum Gasteiger partial charge on any atom is -0.461 e. The molecule has 0 aliphatic carbocycles. The van der Waals surface area contributed by atoms with Crippen LogP contribution in [0.3, 0.4) is 0 Å². The lowest BCUT2D eigenvalue weighted by atomic mass is 10.1. The van der Waals surface area contributed by atoms with Crippen LogP contribution in [0.5, 0.6) is 0 Å². The molecular weight excluding hydrogens is 268 g/mol. The lowest BCUT2D eigenvalue weighted by Gasteiger charge is -2.11. The Morgan fingerprint density at radius 1 is 1.38 bits per heavy atom. The highest BCUT2D eigenvalue weighted by Crippen LogP contribution is 2.28. The second-order valence-electron chi connectivity index (χ2n) is 5.12. The highest BCUT2D eigenvalue weighted by Gasteiger charge is 2.16. The average Bonchev–Trinajstić information content (AvgIpc) is 2.95. The number of nitrogens with one attached hydrogen (secondary N) is 1. The fourth-order valence-corrected chi connectivity index (χ4v) is 1.87. The van der Waals surface area contributed by atoms with Crippen molar-refractivity contribution in [2.75, 3.05) is 18.5 Å². The Morgan fingerprint density at radius 2 is 2.14 bits per heavy atom. The quantitative estimate of drug-likeness (QED) is 0.823. The molecule has 21 heavy (non-hydrogen) atoms. The molecule has 0 spiro atoms. The molecule has 5 nitrogen and oxygen atoms in total. The van der Waals surface area contributed by atoms with Crippen LogP contribution in [0.4, 0.5) is 5.69 Å². The Labute approximate surface area is 124 Å². The molecule has 0 atom stereocenters. The molecule has 1 heterocycles. The molecular formula is C16H20N2O3. The maximum absolute atomic E-state index is 11.6. The largest absolute Gasteiger partial charge is 0.461 e. The van der Waals surface area contributed by atoms with Crippen LogP contribution in [0.15, 0.2) is 34.9 Å². The minimum absolute atomic E-state index is 0.186. The maximum atomic E-state index is 11.6. The third kappa shape index (κ3) is 3.84. The van der Waals surface area contributed by atoms with Crippen LogP contribution >= 0.6 is 0 Å². The van der Waals surface area contributed by atoms with Gasteiger partial charge in [0.1, 0.15) is 0 Å². The van der Waals surface area contributed by atoms with Gasteiger partial charge in [0.05, 0.1) is 6.61 Å². The van der Waals surface area contributed by atoms with Gasteiger partial charge in [0, 0.05) is 23.9 Å². The van der Waals surface area contributed by atoms with Gasteiger partial charge in [-0.15, -0.1) is 0 Å². The van der Waals surface area contributed by atoms with Crippen molar-refractivity contribution >= 4 is 11.7 Å². The highest BCUT2D eigenvalue weighted by atomic mass is 16.5. The van der Waals surface area contributed by atoms with E-state index < -0.39 is 5.97 Å². The SMILES string of the molecule is CCOC(=O)c1cc(-c2ccccc2NCC(C)C)on1. The summed E-state index contributed by atoms with van der Waals surface area (Å²) in [5.74, 6) is 0.605. The van der Waals surface area contributed by atoms with Crippen molar-refractivity contribution in [3.05, 3.63) is 36.0 Å². The molecule has 0 bridgehead atoms. The summed E-state index contributed by atoms with van der Waals surface area (Å²) in [4.78, 5) is 11.6. The second kappa shape index (κ2) is 6.92. The molecule has 1 aromatic carbocycles. The summed E-state index contributed by atoms with van der Waals surface area (Å²) >= 11 is 0. The van der Waals surface area contributed by atoms with E-state index in [4.69, 9.17) is 9.26 Å². The molecule has 0 saturated heterocycles. The zero-order chi connectivity index (χ0) is 15.2. The Kier molecular flexibility index (Phi) is 4.98. The van der Waals surface area contributed by atoms with Gasteiger partial charge in [-0.3, -0.25) is 0 Å². The molecule has 2 aromatic rings. The molecule has 2 rings (SSSR count). The number of anilines is 1. The number of hydrogen-bond donors (Lipinski definition) is 1. The first-order valence-electron chi connectivity index (χ1n) is 7.09. The summed E-state index contributed by atoms with van der Waals surface area (Å²) in [6.07, 6.45) is 0. The van der Waals surface area contributed by atoms with E-state index in [1.807, 2.05) is 24.3 Å². The first kappa shape index (κ1) is 15.1. The van der Waals surface area contributed by atoms with Gasteiger partial charge in [-0.25, -0.2) is 4.79 Å². The Balaban J connectivity index is 2.23. The number of benzene rings is 1. The van der Waals surface area contributed by atoms with Crippen molar-refractivity contribution in [1.82, 2.24) is 5.16 Å². The van der Waals surface area contributed by atoms with E-state index in [1.54, 1.807) is 13.0 Å². The monoisotopic (exact) mass is 288 g/mol. The number of aromatic nitrogens is 1. The Bertz CT molecular complexity index is 605. The molecule has 0 aliphatic heterocycles. The van der Waals surface area contributed by atoms with Gasteiger partial charge in [0.2, 0.25) is 0 Å². The molecule has 1 aromatic heterocycles. The molecule has 1 N–H and O–H groups in total. The van der Waals surface area contributed by atoms with Crippen LogP contribution in [0, 0.1) is 5.92 Å². The van der Waals surface area contributed by atoms with E-state index in [1.165, 1.54) is 0 Å². The fourth-order valence-electron chi connectivity index (χ4n) is 1.87. The summed E-state index contributed by atoms with van der Waals surface area (Å²) < 4.78 is 10.2. The van der Waals surface area contributed by atoms with E-state index in [0.29, 0.717) is 18.3 Å². The van der Waals surface area contributed by atoms with Crippen LogP contribution < -0.4 is 5.32 Å². The van der Waals surface area contributed by atoms with E-state index in [0.717, 1.165) is 17.8 Å². The van der Waals surface area contributed by atoms with Crippen LogP contribution in [0.1, 0.15) is 31.3 Å². The number of ether oxygens (including phenoxy) is 1. The summed E-state index contributed by atoms with van der Waals surface area (Å²) in [6, 6.07) is 9.38. The van der Waals surface area contributed by atoms with Crippen LogP contribution in [-0.4, -0.2) is 24.3 Å². The first-order chi connectivity index (χ1) is 10.1. The number of hydrogen-bond acceptors (Lipinski definition) is 5. The van der Waals surface area contributed by atoms with Crippen molar-refractivity contribution in [3.8, 4) is 11.3 Å². The van der Waals surface area contributed by atoms with Crippen molar-refractivity contribution < 1.29 is 14.1 Å². The highest BCUT2D eigenvalue weighted by molar-refractivity contribution is 5.89. The number of carbonyl (C=O) groups excluding carboxylic acids is 1. The molecule has 0 amide bonds. The van der Waals surface area contributed by atoms with Gasteiger partial charge in [-0.2, -0.15) is 0 Å². The van der Waals surface area contributed by atoms with Gasteiger partial charge in [-0.05, 0) is 25.0 Å². The molecule has 5 heteroatoms. The van der Waals surface area contributed by atoms with E-state index in [9.17, 15) is 4.79 Å². The minimum atomic E-state index is -0.472. The smallest absolute Gasteiger partial charge is 0.360 e. The van der Waals surface area contributed by atoms with Crippen LogP contribution in [-0.2, 0) is 4.74 Å². The third-order valence-electron chi connectivity index (χ3n) is 2.89. The standard InChI is InChI=1S/C16H20N2O3/c1-4-20-16(19)14-9-15(21-18-14)12-7-5-6-8-13(12)17-10-11(2)3/h5-9,11,17H,4,10H2,1-3H3. The lowest BCUT2D eigenvalue weighted by molar-refractivity contribution is 0.0514. The van der Waals surface area contributed by atoms with Crippen molar-refractivity contribution in [3.63, 3.8) is 0 Å². The fraction of sp³-hybridized carbons (Fsp3) is 0.375. The number of carbonyl (C=O) groups is 1. The molecule has 0 saturated carbocycles. The third-order valence-corrected chi connectivity index (χ3v) is 2.89. The number of rotatable bonds is 6. The predicted molar refractivity (Wildman–Crippen MR) is 81.2 cm³/mol. The van der Waals surface area contributed by atoms with E-state index in [2.05, 4.69) is 24.3 Å². The summed E-state index contributed by atoms with van der Waals surface area (Å²) in [5, 5.41) is 7.14. The second-order valence-corrected chi connectivity index (χ2v) is 5.12. The summed E-state index contributed by atoms with van der Waals surface area (Å²) in [6.45, 7) is 7.21. The van der Waals surface area contributed by atoms with Crippen LogP contribution in [0.25, 0.3) is 11.3 Å². The van der Waals surface area contributed by atoms with Crippen molar-refractivity contribution in [2.45, 2.75) is 20.8 Å². The number of esters is 1. The normalized spacial score (nSPS) is 10.7. The van der Waals surface area contributed by atoms with Gasteiger partial charge in [-0.1, -0.05) is 31.1 Å². The molecule has 112 valence electrons. The van der Waals surface area contributed by atoms with Gasteiger partial charge < -0.3 is 14.6 Å². The Hall–Kier alpha value is -2.30. The summed E-state index contributed by atoms with van der Waals surface area (Å²) in [7, 11) is 0. The average molecular weight is 288 g/mol. The van der Waals surface area contributed by atoms with E-state index in [-0.39, 0.29) is 5.69 Å². The molecule has 0 fully saturated rings. The van der Waals surface area contributed by atoms with Crippen LogP contribution in [0.2, 0.25) is 0 Å². The van der Waals surface area contributed by atoms with Gasteiger partial charge in [0.25, 0.3) is 0 Å². The summed E-state index contributed by atoms with van der Waals surface area (Å²) in [5.41, 5.74) is 2.02. The topological polar surface area (TPSA) is 64.4 Å². The predicted octanol–water partition coefficient (Wildman–Crippen LogP) is 3.59. The zero-order valence-electron chi connectivity index (χ0n) is 12.6. The molecule has 0 aliphatic rings. The Morgan fingerprint density at radius 3 is 2.86 bits per heavy atom. The van der Waals surface area contributed by atoms with Crippen molar-refractivity contribution in [2.24, 2.45) is 5.92 Å².